The van der Waals surface area contributed by atoms with Crippen molar-refractivity contribution < 1.29 is 9.53 Å². The van der Waals surface area contributed by atoms with Crippen LogP contribution in [-0.4, -0.2) is 37.2 Å². The minimum atomic E-state index is -0.116. The van der Waals surface area contributed by atoms with E-state index in [1.165, 1.54) is 0 Å². The van der Waals surface area contributed by atoms with Crippen LogP contribution in [0, 0.1) is 0 Å². The van der Waals surface area contributed by atoms with E-state index in [9.17, 15) is 4.79 Å². The number of thiazole rings is 1. The van der Waals surface area contributed by atoms with E-state index in [1.54, 1.807) is 17.5 Å². The molecule has 0 radical (unpaired) electrons. The number of morpholine rings is 1. The lowest BCUT2D eigenvalue weighted by Crippen LogP contribution is -2.36. The monoisotopic (exact) mass is 365 g/mol. The average molecular weight is 365 g/mol. The van der Waals surface area contributed by atoms with Crippen LogP contribution in [0.3, 0.4) is 0 Å². The number of carbonyl (C=O) groups is 1. The molecule has 0 aliphatic carbocycles. The summed E-state index contributed by atoms with van der Waals surface area (Å²) < 4.78 is 5.38. The van der Waals surface area contributed by atoms with Crippen molar-refractivity contribution in [3.8, 4) is 10.6 Å². The minimum absolute atomic E-state index is 0.116. The van der Waals surface area contributed by atoms with Gasteiger partial charge in [0.2, 0.25) is 0 Å². The molecular formula is C20H19N3O2S. The number of hydrogen-bond acceptors (Lipinski definition) is 5. The van der Waals surface area contributed by atoms with Crippen molar-refractivity contribution in [3.63, 3.8) is 0 Å². The lowest BCUT2D eigenvalue weighted by atomic mass is 10.1. The number of rotatable bonds is 4. The fraction of sp³-hybridized carbons (Fsp3) is 0.200. The second kappa shape index (κ2) is 7.68. The molecule has 0 unspecified atom stereocenters. The number of anilines is 2. The predicted molar refractivity (Wildman–Crippen MR) is 105 cm³/mol. The number of amides is 1. The lowest BCUT2D eigenvalue weighted by Gasteiger charge is -2.28. The molecule has 1 aromatic heterocycles. The summed E-state index contributed by atoms with van der Waals surface area (Å²) in [5.74, 6) is -0.116. The molecule has 1 N–H and O–H groups in total. The van der Waals surface area contributed by atoms with Crippen molar-refractivity contribution >= 4 is 28.6 Å². The summed E-state index contributed by atoms with van der Waals surface area (Å²) in [6.07, 6.45) is 1.78. The van der Waals surface area contributed by atoms with Gasteiger partial charge in [-0.05, 0) is 36.4 Å². The van der Waals surface area contributed by atoms with Gasteiger partial charge < -0.3 is 15.0 Å². The van der Waals surface area contributed by atoms with Crippen molar-refractivity contribution in [3.05, 3.63) is 65.7 Å². The molecule has 1 amide bonds. The van der Waals surface area contributed by atoms with Gasteiger partial charge in [0, 0.05) is 47.2 Å². The van der Waals surface area contributed by atoms with Gasteiger partial charge in [-0.3, -0.25) is 4.79 Å². The fourth-order valence-electron chi connectivity index (χ4n) is 2.94. The Morgan fingerprint density at radius 1 is 1.12 bits per heavy atom. The van der Waals surface area contributed by atoms with E-state index in [0.717, 1.165) is 48.2 Å². The van der Waals surface area contributed by atoms with Crippen LogP contribution in [0.15, 0.2) is 60.1 Å². The molecule has 3 aromatic rings. The number of carbonyl (C=O) groups excluding carboxylic acids is 1. The van der Waals surface area contributed by atoms with Gasteiger partial charge in [0.25, 0.3) is 5.91 Å². The zero-order valence-corrected chi connectivity index (χ0v) is 15.0. The molecule has 1 aliphatic heterocycles. The van der Waals surface area contributed by atoms with Crippen LogP contribution in [0.25, 0.3) is 10.6 Å². The molecule has 1 saturated heterocycles. The van der Waals surface area contributed by atoms with Crippen molar-refractivity contribution in [1.82, 2.24) is 4.98 Å². The highest BCUT2D eigenvalue weighted by Gasteiger charge is 2.12. The maximum Gasteiger partial charge on any atom is 0.255 e. The molecule has 5 nitrogen and oxygen atoms in total. The summed E-state index contributed by atoms with van der Waals surface area (Å²) in [5.41, 5.74) is 3.53. The normalized spacial score (nSPS) is 14.2. The number of benzene rings is 2. The Hall–Kier alpha value is -2.70. The van der Waals surface area contributed by atoms with E-state index in [2.05, 4.69) is 15.2 Å². The Morgan fingerprint density at radius 3 is 2.65 bits per heavy atom. The first-order valence-corrected chi connectivity index (χ1v) is 9.41. The fourth-order valence-corrected chi connectivity index (χ4v) is 3.58. The van der Waals surface area contributed by atoms with Crippen LogP contribution in [0.5, 0.6) is 0 Å². The summed E-state index contributed by atoms with van der Waals surface area (Å²) in [6.45, 7) is 3.26. The highest BCUT2D eigenvalue weighted by atomic mass is 32.1. The van der Waals surface area contributed by atoms with Gasteiger partial charge in [-0.25, -0.2) is 4.98 Å². The van der Waals surface area contributed by atoms with Crippen molar-refractivity contribution in [2.75, 3.05) is 36.5 Å². The molecule has 2 heterocycles. The third kappa shape index (κ3) is 3.76. The summed E-state index contributed by atoms with van der Waals surface area (Å²) in [4.78, 5) is 19.1. The molecule has 6 heteroatoms. The van der Waals surface area contributed by atoms with Crippen molar-refractivity contribution in [1.29, 1.82) is 0 Å². The Balaban J connectivity index is 1.45. The van der Waals surface area contributed by atoms with Gasteiger partial charge in [-0.1, -0.05) is 12.1 Å². The van der Waals surface area contributed by atoms with Crippen LogP contribution in [0.1, 0.15) is 10.4 Å². The molecule has 2 aromatic carbocycles. The van der Waals surface area contributed by atoms with E-state index in [0.29, 0.717) is 5.56 Å². The second-order valence-corrected chi connectivity index (χ2v) is 6.91. The smallest absolute Gasteiger partial charge is 0.255 e. The third-order valence-corrected chi connectivity index (χ3v) is 5.13. The Morgan fingerprint density at radius 2 is 1.92 bits per heavy atom. The van der Waals surface area contributed by atoms with E-state index < -0.39 is 0 Å². The molecule has 4 rings (SSSR count). The van der Waals surface area contributed by atoms with Crippen LogP contribution in [0.4, 0.5) is 11.4 Å². The number of nitrogens with one attached hydrogen (secondary N) is 1. The molecule has 0 atom stereocenters. The standard InChI is InChI=1S/C20H19N3O2S/c24-19(15-4-6-18(7-5-15)23-9-11-25-12-10-23)22-17-3-1-2-16(14-17)20-21-8-13-26-20/h1-8,13-14H,9-12H2,(H,22,24). The number of ether oxygens (including phenoxy) is 1. The van der Waals surface area contributed by atoms with Crippen LogP contribution >= 0.6 is 11.3 Å². The molecule has 132 valence electrons. The summed E-state index contributed by atoms with van der Waals surface area (Å²) in [7, 11) is 0. The number of hydrogen-bond donors (Lipinski definition) is 1. The van der Waals surface area contributed by atoms with E-state index in [4.69, 9.17) is 4.74 Å². The zero-order valence-electron chi connectivity index (χ0n) is 14.2. The van der Waals surface area contributed by atoms with Crippen LogP contribution < -0.4 is 10.2 Å². The van der Waals surface area contributed by atoms with Gasteiger partial charge in [-0.2, -0.15) is 0 Å². The minimum Gasteiger partial charge on any atom is -0.378 e. The maximum atomic E-state index is 12.5. The van der Waals surface area contributed by atoms with Gasteiger partial charge in [-0.15, -0.1) is 11.3 Å². The Labute approximate surface area is 156 Å². The van der Waals surface area contributed by atoms with Crippen molar-refractivity contribution in [2.45, 2.75) is 0 Å². The number of aromatic nitrogens is 1. The van der Waals surface area contributed by atoms with Gasteiger partial charge in [0.1, 0.15) is 5.01 Å². The summed E-state index contributed by atoms with van der Waals surface area (Å²) >= 11 is 1.58. The van der Waals surface area contributed by atoms with Crippen LogP contribution in [0.2, 0.25) is 0 Å². The van der Waals surface area contributed by atoms with Gasteiger partial charge in [0.15, 0.2) is 0 Å². The van der Waals surface area contributed by atoms with Crippen LogP contribution in [-0.2, 0) is 4.74 Å². The topological polar surface area (TPSA) is 54.5 Å². The molecule has 1 fully saturated rings. The predicted octanol–water partition coefficient (Wildman–Crippen LogP) is 3.90. The largest absolute Gasteiger partial charge is 0.378 e. The number of nitrogens with zero attached hydrogens (tertiary/aromatic N) is 2. The lowest BCUT2D eigenvalue weighted by molar-refractivity contribution is 0.102. The van der Waals surface area contributed by atoms with Gasteiger partial charge >= 0.3 is 0 Å². The maximum absolute atomic E-state index is 12.5. The average Bonchev–Trinajstić information content (AvgIpc) is 3.24. The zero-order chi connectivity index (χ0) is 17.8. The van der Waals surface area contributed by atoms with Gasteiger partial charge in [0.05, 0.1) is 13.2 Å². The quantitative estimate of drug-likeness (QED) is 0.762. The molecule has 26 heavy (non-hydrogen) atoms. The molecular weight excluding hydrogens is 346 g/mol. The molecule has 0 spiro atoms. The van der Waals surface area contributed by atoms with E-state index in [1.807, 2.05) is 53.9 Å². The first-order valence-electron chi connectivity index (χ1n) is 8.54. The molecule has 0 saturated carbocycles. The van der Waals surface area contributed by atoms with E-state index >= 15 is 0 Å². The summed E-state index contributed by atoms with van der Waals surface area (Å²) in [5, 5.41) is 5.85. The Kier molecular flexibility index (Phi) is 4.95. The molecule has 1 aliphatic rings. The summed E-state index contributed by atoms with van der Waals surface area (Å²) in [6, 6.07) is 15.5. The van der Waals surface area contributed by atoms with Crippen molar-refractivity contribution in [2.24, 2.45) is 0 Å². The highest BCUT2D eigenvalue weighted by molar-refractivity contribution is 7.13. The van der Waals surface area contributed by atoms with E-state index in [-0.39, 0.29) is 5.91 Å². The second-order valence-electron chi connectivity index (χ2n) is 6.02. The molecule has 0 bridgehead atoms. The SMILES string of the molecule is O=C(Nc1cccc(-c2nccs2)c1)c1ccc(N2CCOCC2)cc1. The first kappa shape index (κ1) is 16.8. The first-order chi connectivity index (χ1) is 12.8. The Bertz CT molecular complexity index is 872. The third-order valence-electron chi connectivity index (χ3n) is 4.31. The highest BCUT2D eigenvalue weighted by Crippen LogP contribution is 2.25.